The molecule has 17 heavy (non-hydrogen) atoms. The minimum Gasteiger partial charge on any atom is -0.481 e. The molecule has 1 heterocycles. The molecule has 1 amide bonds. The third-order valence-corrected chi connectivity index (χ3v) is 3.08. The first-order valence-corrected chi connectivity index (χ1v) is 5.66. The van der Waals surface area contributed by atoms with E-state index in [9.17, 15) is 9.59 Å². The molecule has 1 aromatic rings. The number of hydrogen-bond donors (Lipinski definition) is 2. The SMILES string of the molecule is Cc1ccc(C(=O)N[C@@H]2CC[C@H](C(=O)O)C2)o1. The zero-order valence-corrected chi connectivity index (χ0v) is 9.60. The maximum absolute atomic E-state index is 11.7. The minimum atomic E-state index is -0.782. The number of carbonyl (C=O) groups excluding carboxylic acids is 1. The largest absolute Gasteiger partial charge is 0.481 e. The van der Waals surface area contributed by atoms with Gasteiger partial charge in [0.15, 0.2) is 5.76 Å². The molecule has 5 nitrogen and oxygen atoms in total. The van der Waals surface area contributed by atoms with Gasteiger partial charge in [-0.25, -0.2) is 0 Å². The fourth-order valence-corrected chi connectivity index (χ4v) is 2.15. The van der Waals surface area contributed by atoms with Gasteiger partial charge in [-0.05, 0) is 38.3 Å². The van der Waals surface area contributed by atoms with E-state index >= 15 is 0 Å². The third kappa shape index (κ3) is 2.67. The van der Waals surface area contributed by atoms with Crippen molar-refractivity contribution in [1.29, 1.82) is 0 Å². The average molecular weight is 237 g/mol. The summed E-state index contributed by atoms with van der Waals surface area (Å²) >= 11 is 0. The van der Waals surface area contributed by atoms with Gasteiger partial charge >= 0.3 is 5.97 Å². The number of amides is 1. The second-order valence-electron chi connectivity index (χ2n) is 4.43. The Labute approximate surface area is 98.8 Å². The summed E-state index contributed by atoms with van der Waals surface area (Å²) in [6, 6.07) is 3.28. The molecule has 2 atom stereocenters. The van der Waals surface area contributed by atoms with Crippen LogP contribution in [0, 0.1) is 12.8 Å². The van der Waals surface area contributed by atoms with Crippen molar-refractivity contribution in [2.24, 2.45) is 5.92 Å². The van der Waals surface area contributed by atoms with Gasteiger partial charge in [0.25, 0.3) is 5.91 Å². The first-order valence-electron chi connectivity index (χ1n) is 5.66. The molecule has 0 aromatic carbocycles. The van der Waals surface area contributed by atoms with Crippen molar-refractivity contribution < 1.29 is 19.1 Å². The molecule has 1 aliphatic rings. The highest BCUT2D eigenvalue weighted by Crippen LogP contribution is 2.25. The Balaban J connectivity index is 1.90. The van der Waals surface area contributed by atoms with Gasteiger partial charge in [0.1, 0.15) is 5.76 Å². The zero-order chi connectivity index (χ0) is 12.4. The highest BCUT2D eigenvalue weighted by molar-refractivity contribution is 5.91. The maximum Gasteiger partial charge on any atom is 0.306 e. The van der Waals surface area contributed by atoms with E-state index in [1.807, 2.05) is 0 Å². The molecule has 2 N–H and O–H groups in total. The molecule has 1 saturated carbocycles. The van der Waals surface area contributed by atoms with Crippen LogP contribution in [0.2, 0.25) is 0 Å². The summed E-state index contributed by atoms with van der Waals surface area (Å²) in [5, 5.41) is 11.7. The molecular weight excluding hydrogens is 222 g/mol. The first-order chi connectivity index (χ1) is 8.06. The summed E-state index contributed by atoms with van der Waals surface area (Å²) in [5.74, 6) is -0.422. The summed E-state index contributed by atoms with van der Waals surface area (Å²) in [4.78, 5) is 22.5. The fourth-order valence-electron chi connectivity index (χ4n) is 2.15. The lowest BCUT2D eigenvalue weighted by molar-refractivity contribution is -0.141. The lowest BCUT2D eigenvalue weighted by Crippen LogP contribution is -2.33. The number of rotatable bonds is 3. The number of nitrogens with one attached hydrogen (secondary N) is 1. The van der Waals surface area contributed by atoms with Gasteiger partial charge in [0.2, 0.25) is 0 Å². The summed E-state index contributed by atoms with van der Waals surface area (Å²) in [5.41, 5.74) is 0. The Hall–Kier alpha value is -1.78. The van der Waals surface area contributed by atoms with Crippen LogP contribution >= 0.6 is 0 Å². The van der Waals surface area contributed by atoms with Crippen molar-refractivity contribution in [3.63, 3.8) is 0 Å². The van der Waals surface area contributed by atoms with Crippen molar-refractivity contribution in [3.05, 3.63) is 23.7 Å². The number of furan rings is 1. The predicted octanol–water partition coefficient (Wildman–Crippen LogP) is 1.57. The third-order valence-electron chi connectivity index (χ3n) is 3.08. The number of hydrogen-bond acceptors (Lipinski definition) is 3. The van der Waals surface area contributed by atoms with Crippen molar-refractivity contribution in [2.75, 3.05) is 0 Å². The molecule has 0 unspecified atom stereocenters. The van der Waals surface area contributed by atoms with E-state index in [-0.39, 0.29) is 23.6 Å². The quantitative estimate of drug-likeness (QED) is 0.836. The Morgan fingerprint density at radius 3 is 2.71 bits per heavy atom. The summed E-state index contributed by atoms with van der Waals surface area (Å²) in [7, 11) is 0. The van der Waals surface area contributed by atoms with Gasteiger partial charge in [0, 0.05) is 6.04 Å². The van der Waals surface area contributed by atoms with Crippen molar-refractivity contribution in [2.45, 2.75) is 32.2 Å². The lowest BCUT2D eigenvalue weighted by atomic mass is 10.1. The van der Waals surface area contributed by atoms with Crippen molar-refractivity contribution in [3.8, 4) is 0 Å². The molecule has 1 aliphatic carbocycles. The summed E-state index contributed by atoms with van der Waals surface area (Å²) < 4.78 is 5.20. The highest BCUT2D eigenvalue weighted by atomic mass is 16.4. The Morgan fingerprint density at radius 2 is 2.18 bits per heavy atom. The molecule has 0 saturated heterocycles. The predicted molar refractivity (Wildman–Crippen MR) is 59.7 cm³/mol. The van der Waals surface area contributed by atoms with Crippen LogP contribution in [0.25, 0.3) is 0 Å². The number of aliphatic carboxylic acids is 1. The molecule has 0 spiro atoms. The van der Waals surface area contributed by atoms with Gasteiger partial charge in [0.05, 0.1) is 5.92 Å². The molecule has 5 heteroatoms. The second-order valence-corrected chi connectivity index (χ2v) is 4.43. The number of carboxylic acids is 1. The lowest BCUT2D eigenvalue weighted by Gasteiger charge is -2.10. The van der Waals surface area contributed by atoms with Gasteiger partial charge in [-0.2, -0.15) is 0 Å². The molecular formula is C12H15NO4. The van der Waals surface area contributed by atoms with Crippen molar-refractivity contribution in [1.82, 2.24) is 5.32 Å². The molecule has 1 fully saturated rings. The maximum atomic E-state index is 11.7. The average Bonchev–Trinajstić information content (AvgIpc) is 2.86. The molecule has 1 aromatic heterocycles. The molecule has 0 radical (unpaired) electrons. The van der Waals surface area contributed by atoms with E-state index in [4.69, 9.17) is 9.52 Å². The molecule has 2 rings (SSSR count). The highest BCUT2D eigenvalue weighted by Gasteiger charge is 2.31. The first kappa shape index (κ1) is 11.7. The van der Waals surface area contributed by atoms with Crippen LogP contribution in [-0.4, -0.2) is 23.0 Å². The fraction of sp³-hybridized carbons (Fsp3) is 0.500. The Bertz CT molecular complexity index is 437. The normalized spacial score (nSPS) is 23.6. The molecule has 92 valence electrons. The number of carboxylic acid groups (broad SMARTS) is 1. The smallest absolute Gasteiger partial charge is 0.306 e. The summed E-state index contributed by atoms with van der Waals surface area (Å²) in [6.07, 6.45) is 1.83. The van der Waals surface area contributed by atoms with Gasteiger partial charge in [-0.3, -0.25) is 9.59 Å². The van der Waals surface area contributed by atoms with Crippen LogP contribution in [0.15, 0.2) is 16.5 Å². The minimum absolute atomic E-state index is 0.0611. The topological polar surface area (TPSA) is 79.5 Å². The molecule has 0 aliphatic heterocycles. The van der Waals surface area contributed by atoms with E-state index < -0.39 is 5.97 Å². The van der Waals surface area contributed by atoms with E-state index in [1.165, 1.54) is 0 Å². The van der Waals surface area contributed by atoms with E-state index in [2.05, 4.69) is 5.32 Å². The monoisotopic (exact) mass is 237 g/mol. The van der Waals surface area contributed by atoms with Crippen LogP contribution < -0.4 is 5.32 Å². The van der Waals surface area contributed by atoms with Crippen molar-refractivity contribution >= 4 is 11.9 Å². The summed E-state index contributed by atoms with van der Waals surface area (Å²) in [6.45, 7) is 1.77. The standard InChI is InChI=1S/C12H15NO4/c1-7-2-5-10(17-7)11(14)13-9-4-3-8(6-9)12(15)16/h2,5,8-9H,3-4,6H2,1H3,(H,13,14)(H,15,16)/t8-,9+/m0/s1. The van der Waals surface area contributed by atoms with E-state index in [0.717, 1.165) is 0 Å². The second kappa shape index (κ2) is 4.61. The van der Waals surface area contributed by atoms with Crippen LogP contribution in [-0.2, 0) is 4.79 Å². The van der Waals surface area contributed by atoms with E-state index in [1.54, 1.807) is 19.1 Å². The van der Waals surface area contributed by atoms with Gasteiger partial charge in [-0.15, -0.1) is 0 Å². The van der Waals surface area contributed by atoms with Gasteiger partial charge in [-0.1, -0.05) is 0 Å². The van der Waals surface area contributed by atoms with Crippen LogP contribution in [0.1, 0.15) is 35.6 Å². The Kier molecular flexibility index (Phi) is 3.17. The Morgan fingerprint density at radius 1 is 1.41 bits per heavy atom. The molecule has 0 bridgehead atoms. The number of carbonyl (C=O) groups is 2. The van der Waals surface area contributed by atoms with Crippen LogP contribution in [0.5, 0.6) is 0 Å². The van der Waals surface area contributed by atoms with E-state index in [0.29, 0.717) is 25.0 Å². The van der Waals surface area contributed by atoms with Crippen LogP contribution in [0.4, 0.5) is 0 Å². The van der Waals surface area contributed by atoms with Crippen LogP contribution in [0.3, 0.4) is 0 Å². The number of aryl methyl sites for hydroxylation is 1. The zero-order valence-electron chi connectivity index (χ0n) is 9.60. The van der Waals surface area contributed by atoms with Gasteiger partial charge < -0.3 is 14.8 Å².